The van der Waals surface area contributed by atoms with E-state index in [1.165, 1.54) is 38.4 Å². The molecule has 0 aliphatic carbocycles. The number of rotatable bonds is 7. The van der Waals surface area contributed by atoms with Gasteiger partial charge in [-0.2, -0.15) is 5.26 Å². The Labute approximate surface area is 153 Å². The largest absolute Gasteiger partial charge is 0.452 e. The molecule has 0 spiro atoms. The molecule has 1 rings (SSSR count). The highest BCUT2D eigenvalue weighted by Gasteiger charge is 2.30. The summed E-state index contributed by atoms with van der Waals surface area (Å²) in [5, 5.41) is 11.7. The van der Waals surface area contributed by atoms with E-state index < -0.39 is 34.0 Å². The first-order chi connectivity index (χ1) is 11.9. The predicted octanol–water partition coefficient (Wildman–Crippen LogP) is 1.15. The van der Waals surface area contributed by atoms with Gasteiger partial charge in [0.2, 0.25) is 10.0 Å². The molecule has 0 radical (unpaired) electrons. The van der Waals surface area contributed by atoms with Crippen molar-refractivity contribution in [1.29, 1.82) is 5.26 Å². The number of ether oxygens (including phenoxy) is 1. The highest BCUT2D eigenvalue weighted by atomic mass is 32.2. The fraction of sp³-hybridized carbons (Fsp3) is 0.471. The summed E-state index contributed by atoms with van der Waals surface area (Å²) in [6.45, 7) is 4.57. The smallest absolute Gasteiger partial charge is 0.338 e. The van der Waals surface area contributed by atoms with E-state index >= 15 is 0 Å². The van der Waals surface area contributed by atoms with Crippen LogP contribution in [0.15, 0.2) is 29.2 Å². The Hall–Kier alpha value is -2.44. The van der Waals surface area contributed by atoms with Crippen molar-refractivity contribution < 1.29 is 22.7 Å². The van der Waals surface area contributed by atoms with E-state index in [1.807, 2.05) is 6.07 Å². The minimum Gasteiger partial charge on any atom is -0.452 e. The van der Waals surface area contributed by atoms with Crippen LogP contribution in [0.25, 0.3) is 0 Å². The van der Waals surface area contributed by atoms with E-state index in [4.69, 9.17) is 4.74 Å². The van der Waals surface area contributed by atoms with Crippen LogP contribution in [-0.2, 0) is 19.6 Å². The van der Waals surface area contributed by atoms with Gasteiger partial charge in [0.1, 0.15) is 5.54 Å². The molecule has 0 fully saturated rings. The third-order valence-corrected chi connectivity index (χ3v) is 5.78. The molecule has 1 aromatic rings. The summed E-state index contributed by atoms with van der Waals surface area (Å²) in [5.41, 5.74) is -1.07. The summed E-state index contributed by atoms with van der Waals surface area (Å²) < 4.78 is 30.2. The van der Waals surface area contributed by atoms with Crippen LogP contribution in [-0.4, -0.2) is 50.8 Å². The van der Waals surface area contributed by atoms with Gasteiger partial charge in [0.15, 0.2) is 6.61 Å². The number of amides is 1. The van der Waals surface area contributed by atoms with Crippen molar-refractivity contribution in [2.45, 2.75) is 31.2 Å². The number of hydrogen-bond acceptors (Lipinski definition) is 6. The Morgan fingerprint density at radius 3 is 2.46 bits per heavy atom. The zero-order valence-corrected chi connectivity index (χ0v) is 16.3. The second-order valence-electron chi connectivity index (χ2n) is 6.41. The van der Waals surface area contributed by atoms with Crippen LogP contribution >= 0.6 is 0 Å². The highest BCUT2D eigenvalue weighted by molar-refractivity contribution is 7.89. The van der Waals surface area contributed by atoms with E-state index in [1.54, 1.807) is 20.8 Å². The highest BCUT2D eigenvalue weighted by Crippen LogP contribution is 2.16. The van der Waals surface area contributed by atoms with Crippen molar-refractivity contribution in [2.75, 3.05) is 20.7 Å². The van der Waals surface area contributed by atoms with Gasteiger partial charge < -0.3 is 10.1 Å². The lowest BCUT2D eigenvalue weighted by atomic mass is 9.90. The summed E-state index contributed by atoms with van der Waals surface area (Å²) >= 11 is 0. The first-order valence-corrected chi connectivity index (χ1v) is 9.30. The van der Waals surface area contributed by atoms with Crippen LogP contribution in [0.3, 0.4) is 0 Å². The molecule has 0 unspecified atom stereocenters. The molecule has 0 aliphatic heterocycles. The molecule has 8 nitrogen and oxygen atoms in total. The molecule has 0 aromatic heterocycles. The van der Waals surface area contributed by atoms with Gasteiger partial charge in [-0.3, -0.25) is 4.79 Å². The molecule has 1 amide bonds. The zero-order chi connectivity index (χ0) is 20.1. The van der Waals surface area contributed by atoms with Crippen molar-refractivity contribution >= 4 is 21.9 Å². The molecule has 1 aromatic carbocycles. The van der Waals surface area contributed by atoms with E-state index in [0.29, 0.717) is 0 Å². The van der Waals surface area contributed by atoms with Gasteiger partial charge in [0.25, 0.3) is 5.91 Å². The number of sulfonamides is 1. The average molecular weight is 381 g/mol. The summed E-state index contributed by atoms with van der Waals surface area (Å²) in [4.78, 5) is 24.0. The second kappa shape index (κ2) is 8.29. The molecule has 142 valence electrons. The maximum atomic E-state index is 12.1. The molecular formula is C17H23N3O5S. The first kappa shape index (κ1) is 21.6. The molecule has 0 bridgehead atoms. The third kappa shape index (κ3) is 5.03. The first-order valence-electron chi connectivity index (χ1n) is 7.86. The van der Waals surface area contributed by atoms with E-state index in [0.717, 1.165) is 4.31 Å². The molecule has 0 saturated heterocycles. The van der Waals surface area contributed by atoms with Crippen LogP contribution in [0.5, 0.6) is 0 Å². The Balaban J connectivity index is 2.82. The van der Waals surface area contributed by atoms with Crippen molar-refractivity contribution in [3.63, 3.8) is 0 Å². The van der Waals surface area contributed by atoms with Crippen LogP contribution in [0.2, 0.25) is 0 Å². The second-order valence-corrected chi connectivity index (χ2v) is 8.56. The van der Waals surface area contributed by atoms with E-state index in [2.05, 4.69) is 5.32 Å². The number of benzene rings is 1. The van der Waals surface area contributed by atoms with Gasteiger partial charge in [-0.1, -0.05) is 19.9 Å². The van der Waals surface area contributed by atoms with Gasteiger partial charge in [-0.25, -0.2) is 17.5 Å². The van der Waals surface area contributed by atoms with Gasteiger partial charge in [0.05, 0.1) is 16.5 Å². The Morgan fingerprint density at radius 1 is 1.35 bits per heavy atom. The van der Waals surface area contributed by atoms with Crippen molar-refractivity contribution in [2.24, 2.45) is 5.92 Å². The molecule has 0 aliphatic rings. The number of carbonyl (C=O) groups excluding carboxylic acids is 2. The lowest BCUT2D eigenvalue weighted by Gasteiger charge is -2.27. The average Bonchev–Trinajstić information content (AvgIpc) is 2.59. The maximum Gasteiger partial charge on any atom is 0.338 e. The molecule has 0 saturated carbocycles. The molecule has 9 heteroatoms. The summed E-state index contributed by atoms with van der Waals surface area (Å²) in [6, 6.07) is 7.37. The molecule has 0 heterocycles. The lowest BCUT2D eigenvalue weighted by molar-refractivity contribution is -0.125. The Bertz CT molecular complexity index is 827. The number of nitrogens with one attached hydrogen (secondary N) is 1. The SMILES string of the molecule is CC(C)[C@@](C)(C#N)NC(=O)COC(=O)c1cccc(S(=O)(=O)N(C)C)c1. The fourth-order valence-corrected chi connectivity index (χ4v) is 2.78. The van der Waals surface area contributed by atoms with Crippen LogP contribution in [0.4, 0.5) is 0 Å². The Kier molecular flexibility index (Phi) is 6.89. The molecule has 1 atom stereocenters. The standard InChI is InChI=1S/C17H23N3O5S/c1-12(2)17(3,11-18)19-15(21)10-25-16(22)13-7-6-8-14(9-13)26(23,24)20(4)5/h6-9,12H,10H2,1-5H3,(H,19,21)/t17-/m1/s1. The quantitative estimate of drug-likeness (QED) is 0.708. The van der Waals surface area contributed by atoms with E-state index in [-0.39, 0.29) is 16.4 Å². The predicted molar refractivity (Wildman–Crippen MR) is 94.6 cm³/mol. The molecule has 1 N–H and O–H groups in total. The molecule has 26 heavy (non-hydrogen) atoms. The Morgan fingerprint density at radius 2 is 1.96 bits per heavy atom. The zero-order valence-electron chi connectivity index (χ0n) is 15.4. The monoisotopic (exact) mass is 381 g/mol. The number of carbonyl (C=O) groups is 2. The van der Waals surface area contributed by atoms with Crippen LogP contribution < -0.4 is 5.32 Å². The van der Waals surface area contributed by atoms with Crippen LogP contribution in [0.1, 0.15) is 31.1 Å². The van der Waals surface area contributed by atoms with Gasteiger partial charge in [0, 0.05) is 14.1 Å². The number of hydrogen-bond donors (Lipinski definition) is 1. The van der Waals surface area contributed by atoms with Gasteiger partial charge in [-0.05, 0) is 31.0 Å². The summed E-state index contributed by atoms with van der Waals surface area (Å²) in [5.74, 6) is -1.59. The normalized spacial score (nSPS) is 13.8. The van der Waals surface area contributed by atoms with Gasteiger partial charge >= 0.3 is 5.97 Å². The number of nitriles is 1. The number of esters is 1. The van der Waals surface area contributed by atoms with E-state index in [9.17, 15) is 23.3 Å². The summed E-state index contributed by atoms with van der Waals surface area (Å²) in [6.07, 6.45) is 0. The summed E-state index contributed by atoms with van der Waals surface area (Å²) in [7, 11) is -0.930. The fourth-order valence-electron chi connectivity index (χ4n) is 1.84. The topological polar surface area (TPSA) is 117 Å². The lowest BCUT2D eigenvalue weighted by Crippen LogP contribution is -2.50. The minimum absolute atomic E-state index is 0.00706. The van der Waals surface area contributed by atoms with Crippen LogP contribution in [0, 0.1) is 17.2 Å². The van der Waals surface area contributed by atoms with Crippen molar-refractivity contribution in [1.82, 2.24) is 9.62 Å². The molecular weight excluding hydrogens is 358 g/mol. The van der Waals surface area contributed by atoms with Crippen molar-refractivity contribution in [3.8, 4) is 6.07 Å². The van der Waals surface area contributed by atoms with Gasteiger partial charge in [-0.15, -0.1) is 0 Å². The number of nitrogens with zero attached hydrogens (tertiary/aromatic N) is 2. The third-order valence-electron chi connectivity index (χ3n) is 3.97. The van der Waals surface area contributed by atoms with Crippen molar-refractivity contribution in [3.05, 3.63) is 29.8 Å². The maximum absolute atomic E-state index is 12.1. The minimum atomic E-state index is -3.69.